The van der Waals surface area contributed by atoms with Crippen LogP contribution in [0.4, 0.5) is 0 Å². The number of likely N-dealkylation sites (N-methyl/N-ethyl adjacent to an activating group) is 1. The normalized spacial score (nSPS) is 17.3. The first kappa shape index (κ1) is 22.6. The van der Waals surface area contributed by atoms with E-state index in [9.17, 15) is 4.79 Å². The van der Waals surface area contributed by atoms with Gasteiger partial charge < -0.3 is 10.2 Å². The van der Waals surface area contributed by atoms with Crippen molar-refractivity contribution in [1.82, 2.24) is 20.1 Å². The molecule has 1 aromatic heterocycles. The number of nitrogens with zero attached hydrogens (tertiary/aromatic N) is 3. The van der Waals surface area contributed by atoms with Crippen molar-refractivity contribution in [3.8, 4) is 0 Å². The second-order valence-corrected chi connectivity index (χ2v) is 9.44. The third kappa shape index (κ3) is 6.48. The van der Waals surface area contributed by atoms with Gasteiger partial charge in [0.25, 0.3) is 0 Å². The summed E-state index contributed by atoms with van der Waals surface area (Å²) in [6.45, 7) is 4.89. The van der Waals surface area contributed by atoms with Gasteiger partial charge in [0.15, 0.2) is 0 Å². The van der Waals surface area contributed by atoms with Crippen LogP contribution in [-0.4, -0.2) is 60.5 Å². The highest BCUT2D eigenvalue weighted by atomic mass is 32.1. The number of nitrogens with one attached hydrogen (secondary N) is 1. The van der Waals surface area contributed by atoms with E-state index >= 15 is 0 Å². The summed E-state index contributed by atoms with van der Waals surface area (Å²) in [6.07, 6.45) is 2.13. The fraction of sp³-hybridized carbons (Fsp3) is 0.385. The molecule has 5 nitrogen and oxygen atoms in total. The molecule has 1 amide bonds. The van der Waals surface area contributed by atoms with Crippen molar-refractivity contribution >= 4 is 17.2 Å². The lowest BCUT2D eigenvalue weighted by Gasteiger charge is -2.40. The van der Waals surface area contributed by atoms with Gasteiger partial charge in [0.1, 0.15) is 0 Å². The molecule has 1 aliphatic heterocycles. The SMILES string of the molecule is CN1CCN(CCCNC(=O)Cc2csc(Cc3ccccc3)n2)[C@@H](c2ccccc2)C1. The molecule has 4 rings (SSSR count). The van der Waals surface area contributed by atoms with Gasteiger partial charge in [-0.2, -0.15) is 0 Å². The van der Waals surface area contributed by atoms with E-state index in [1.165, 1.54) is 11.1 Å². The number of amides is 1. The highest BCUT2D eigenvalue weighted by Crippen LogP contribution is 2.24. The van der Waals surface area contributed by atoms with E-state index in [-0.39, 0.29) is 5.91 Å². The van der Waals surface area contributed by atoms with Crippen LogP contribution in [0.2, 0.25) is 0 Å². The molecular weight excluding hydrogens is 416 g/mol. The molecule has 1 saturated heterocycles. The molecule has 2 aromatic carbocycles. The van der Waals surface area contributed by atoms with Crippen LogP contribution < -0.4 is 5.32 Å². The van der Waals surface area contributed by atoms with Crippen LogP contribution in [0.1, 0.15) is 34.3 Å². The Kier molecular flexibility index (Phi) is 8.04. The average molecular weight is 449 g/mol. The van der Waals surface area contributed by atoms with Crippen LogP contribution in [-0.2, 0) is 17.6 Å². The van der Waals surface area contributed by atoms with Gasteiger partial charge in [-0.25, -0.2) is 4.98 Å². The van der Waals surface area contributed by atoms with Crippen LogP contribution in [0.5, 0.6) is 0 Å². The molecule has 1 atom stereocenters. The third-order valence-electron chi connectivity index (χ3n) is 5.96. The third-order valence-corrected chi connectivity index (χ3v) is 6.86. The Hall–Kier alpha value is -2.54. The van der Waals surface area contributed by atoms with Crippen LogP contribution >= 0.6 is 11.3 Å². The number of aromatic nitrogens is 1. The monoisotopic (exact) mass is 448 g/mol. The molecule has 3 aromatic rings. The number of hydrogen-bond acceptors (Lipinski definition) is 5. The minimum Gasteiger partial charge on any atom is -0.356 e. The summed E-state index contributed by atoms with van der Waals surface area (Å²) in [5.41, 5.74) is 3.48. The van der Waals surface area contributed by atoms with E-state index in [1.807, 2.05) is 23.6 Å². The fourth-order valence-electron chi connectivity index (χ4n) is 4.23. The van der Waals surface area contributed by atoms with Crippen molar-refractivity contribution in [3.63, 3.8) is 0 Å². The molecule has 1 N–H and O–H groups in total. The smallest absolute Gasteiger partial charge is 0.226 e. The number of thiazole rings is 1. The maximum Gasteiger partial charge on any atom is 0.226 e. The number of piperazine rings is 1. The molecule has 168 valence electrons. The minimum absolute atomic E-state index is 0.0551. The molecule has 0 saturated carbocycles. The Morgan fingerprint density at radius 2 is 1.84 bits per heavy atom. The Bertz CT molecular complexity index is 976. The van der Waals surface area contributed by atoms with Gasteiger partial charge in [0.2, 0.25) is 5.91 Å². The summed E-state index contributed by atoms with van der Waals surface area (Å²) >= 11 is 1.63. The number of carbonyl (C=O) groups is 1. The molecule has 1 fully saturated rings. The molecular formula is C26H32N4OS. The molecule has 6 heteroatoms. The predicted octanol–water partition coefficient (Wildman–Crippen LogP) is 3.77. The molecule has 0 spiro atoms. The van der Waals surface area contributed by atoms with Crippen molar-refractivity contribution in [3.05, 3.63) is 87.9 Å². The first-order valence-electron chi connectivity index (χ1n) is 11.4. The second kappa shape index (κ2) is 11.4. The quantitative estimate of drug-likeness (QED) is 0.506. The summed E-state index contributed by atoms with van der Waals surface area (Å²) in [5, 5.41) is 6.14. The fourth-order valence-corrected chi connectivity index (χ4v) is 5.06. The maximum atomic E-state index is 12.4. The van der Waals surface area contributed by atoms with Crippen LogP contribution in [0.25, 0.3) is 0 Å². The molecule has 0 aliphatic carbocycles. The lowest BCUT2D eigenvalue weighted by Crippen LogP contribution is -2.47. The van der Waals surface area contributed by atoms with Crippen molar-refractivity contribution in [1.29, 1.82) is 0 Å². The molecule has 1 aliphatic rings. The number of hydrogen-bond donors (Lipinski definition) is 1. The second-order valence-electron chi connectivity index (χ2n) is 8.50. The molecule has 0 unspecified atom stereocenters. The number of benzene rings is 2. The lowest BCUT2D eigenvalue weighted by atomic mass is 10.0. The summed E-state index contributed by atoms with van der Waals surface area (Å²) in [5.74, 6) is 0.0551. The highest BCUT2D eigenvalue weighted by Gasteiger charge is 2.25. The standard InChI is InChI=1S/C26H32N4OS/c1-29-15-16-30(24(19-29)22-11-6-3-7-12-22)14-8-13-27-25(31)18-23-20-32-26(28-23)17-21-9-4-2-5-10-21/h2-7,9-12,20,24H,8,13-19H2,1H3,(H,27,31)/t24-/m1/s1. The zero-order valence-corrected chi connectivity index (χ0v) is 19.6. The minimum atomic E-state index is 0.0551. The van der Waals surface area contributed by atoms with E-state index in [2.05, 4.69) is 69.6 Å². The van der Waals surface area contributed by atoms with Crippen molar-refractivity contribution in [2.75, 3.05) is 39.8 Å². The van der Waals surface area contributed by atoms with Crippen LogP contribution in [0.3, 0.4) is 0 Å². The first-order chi connectivity index (χ1) is 15.7. The zero-order chi connectivity index (χ0) is 22.2. The van der Waals surface area contributed by atoms with Gasteiger partial charge in [0, 0.05) is 50.6 Å². The summed E-state index contributed by atoms with van der Waals surface area (Å²) in [4.78, 5) is 22.0. The Labute approximate surface area is 195 Å². The van der Waals surface area contributed by atoms with Crippen LogP contribution in [0, 0.1) is 0 Å². The van der Waals surface area contributed by atoms with Gasteiger partial charge in [-0.1, -0.05) is 60.7 Å². The van der Waals surface area contributed by atoms with Crippen molar-refractivity contribution in [2.45, 2.75) is 25.3 Å². The summed E-state index contributed by atoms with van der Waals surface area (Å²) < 4.78 is 0. The topological polar surface area (TPSA) is 48.5 Å². The van der Waals surface area contributed by atoms with E-state index < -0.39 is 0 Å². The van der Waals surface area contributed by atoms with Crippen molar-refractivity contribution < 1.29 is 4.79 Å². The Morgan fingerprint density at radius 1 is 1.09 bits per heavy atom. The maximum absolute atomic E-state index is 12.4. The van der Waals surface area contributed by atoms with Gasteiger partial charge in [0.05, 0.1) is 17.1 Å². The highest BCUT2D eigenvalue weighted by molar-refractivity contribution is 7.09. The summed E-state index contributed by atoms with van der Waals surface area (Å²) in [7, 11) is 2.19. The van der Waals surface area contributed by atoms with E-state index in [4.69, 9.17) is 0 Å². The Morgan fingerprint density at radius 3 is 2.62 bits per heavy atom. The predicted molar refractivity (Wildman–Crippen MR) is 131 cm³/mol. The van der Waals surface area contributed by atoms with Gasteiger partial charge in [-0.3, -0.25) is 9.69 Å². The van der Waals surface area contributed by atoms with Gasteiger partial charge in [-0.05, 0) is 24.6 Å². The molecule has 0 radical (unpaired) electrons. The van der Waals surface area contributed by atoms with Gasteiger partial charge >= 0.3 is 0 Å². The number of rotatable bonds is 9. The van der Waals surface area contributed by atoms with Crippen molar-refractivity contribution in [2.24, 2.45) is 0 Å². The van der Waals surface area contributed by atoms with Gasteiger partial charge in [-0.15, -0.1) is 11.3 Å². The summed E-state index contributed by atoms with van der Waals surface area (Å²) in [6, 6.07) is 21.5. The molecule has 0 bridgehead atoms. The van der Waals surface area contributed by atoms with E-state index in [1.54, 1.807) is 11.3 Å². The van der Waals surface area contributed by atoms with E-state index in [0.29, 0.717) is 19.0 Å². The first-order valence-corrected chi connectivity index (χ1v) is 12.3. The average Bonchev–Trinajstić information content (AvgIpc) is 3.25. The zero-order valence-electron chi connectivity index (χ0n) is 18.7. The number of carbonyl (C=O) groups excluding carboxylic acids is 1. The van der Waals surface area contributed by atoms with Crippen LogP contribution in [0.15, 0.2) is 66.0 Å². The molecule has 32 heavy (non-hydrogen) atoms. The molecule has 2 heterocycles. The lowest BCUT2D eigenvalue weighted by molar-refractivity contribution is -0.120. The van der Waals surface area contributed by atoms with E-state index in [0.717, 1.165) is 49.7 Å². The largest absolute Gasteiger partial charge is 0.356 e. The Balaban J connectivity index is 1.20.